The third-order valence-electron chi connectivity index (χ3n) is 7.64. The van der Waals surface area contributed by atoms with E-state index in [1.165, 1.54) is 6.42 Å². The maximum atomic E-state index is 13.6. The number of fused-ring (bicyclic) bond motifs is 2. The minimum absolute atomic E-state index is 0.0596. The first-order valence-electron chi connectivity index (χ1n) is 11.7. The standard InChI is InChI=1S/C26H28BrN3O3/c1-17(19-9-5-10-19)29(15-18-7-3-2-4-8-18)23(31)16-30-24(32)26(28-25(30)33)14-13-20-21(26)11-6-12-22(20)27/h2-4,6-8,11-12,17,19H,5,9-10,13-16H2,1H3,(H,28,33)/t17-,26?/m1/s1. The minimum Gasteiger partial charge on any atom is -0.334 e. The van der Waals surface area contributed by atoms with Crippen molar-refractivity contribution < 1.29 is 14.4 Å². The number of nitrogens with one attached hydrogen (secondary N) is 1. The van der Waals surface area contributed by atoms with Gasteiger partial charge in [-0.2, -0.15) is 0 Å². The summed E-state index contributed by atoms with van der Waals surface area (Å²) in [5.74, 6) is -0.0499. The average Bonchev–Trinajstić information content (AvgIpc) is 3.25. The van der Waals surface area contributed by atoms with Gasteiger partial charge in [-0.25, -0.2) is 4.79 Å². The second-order valence-electron chi connectivity index (χ2n) is 9.43. The van der Waals surface area contributed by atoms with Crippen LogP contribution >= 0.6 is 15.9 Å². The Hall–Kier alpha value is -2.67. The maximum absolute atomic E-state index is 13.6. The van der Waals surface area contributed by atoms with Crippen LogP contribution in [0.25, 0.3) is 0 Å². The number of imide groups is 1. The van der Waals surface area contributed by atoms with Gasteiger partial charge in [-0.15, -0.1) is 0 Å². The quantitative estimate of drug-likeness (QED) is 0.588. The molecule has 5 rings (SSSR count). The van der Waals surface area contributed by atoms with E-state index in [9.17, 15) is 14.4 Å². The van der Waals surface area contributed by atoms with E-state index in [-0.39, 0.29) is 24.4 Å². The van der Waals surface area contributed by atoms with Crippen LogP contribution in [-0.2, 0) is 28.1 Å². The van der Waals surface area contributed by atoms with Crippen LogP contribution in [0.2, 0.25) is 0 Å². The van der Waals surface area contributed by atoms with Gasteiger partial charge in [-0.3, -0.25) is 14.5 Å². The molecule has 4 amide bonds. The largest absolute Gasteiger partial charge is 0.334 e. The van der Waals surface area contributed by atoms with Crippen LogP contribution in [-0.4, -0.2) is 40.2 Å². The molecular formula is C26H28BrN3O3. The lowest BCUT2D eigenvalue weighted by Crippen LogP contribution is -2.49. The second-order valence-corrected chi connectivity index (χ2v) is 10.3. The van der Waals surface area contributed by atoms with Crippen LogP contribution in [0.1, 0.15) is 49.3 Å². The van der Waals surface area contributed by atoms with Crippen LogP contribution in [0.15, 0.2) is 53.0 Å². The van der Waals surface area contributed by atoms with Gasteiger partial charge in [0.15, 0.2) is 0 Å². The van der Waals surface area contributed by atoms with E-state index in [1.54, 1.807) is 0 Å². The summed E-state index contributed by atoms with van der Waals surface area (Å²) in [6, 6.07) is 15.2. The Morgan fingerprint density at radius 2 is 1.94 bits per heavy atom. The highest BCUT2D eigenvalue weighted by atomic mass is 79.9. The number of carbonyl (C=O) groups is 3. The first kappa shape index (κ1) is 22.1. The molecule has 33 heavy (non-hydrogen) atoms. The minimum atomic E-state index is -1.07. The number of amides is 4. The molecule has 2 aromatic rings. The van der Waals surface area contributed by atoms with Gasteiger partial charge in [0.05, 0.1) is 0 Å². The number of benzene rings is 2. The molecule has 3 aliphatic rings. The number of carbonyl (C=O) groups excluding carboxylic acids is 3. The lowest BCUT2D eigenvalue weighted by atomic mass is 9.79. The molecule has 0 radical (unpaired) electrons. The SMILES string of the molecule is C[C@H](C1CCC1)N(Cc1ccccc1)C(=O)CN1C(=O)NC2(CCc3c(Br)cccc32)C1=O. The van der Waals surface area contributed by atoms with Gasteiger partial charge in [-0.1, -0.05) is 64.8 Å². The lowest BCUT2D eigenvalue weighted by molar-refractivity contribution is -0.142. The zero-order valence-corrected chi connectivity index (χ0v) is 20.3. The number of hydrogen-bond donors (Lipinski definition) is 1. The molecule has 0 aromatic heterocycles. The molecule has 1 spiro atoms. The molecule has 6 nitrogen and oxygen atoms in total. The number of nitrogens with zero attached hydrogens (tertiary/aromatic N) is 2. The first-order chi connectivity index (χ1) is 15.9. The summed E-state index contributed by atoms with van der Waals surface area (Å²) in [5, 5.41) is 2.93. The van der Waals surface area contributed by atoms with Crippen molar-refractivity contribution >= 4 is 33.8 Å². The molecule has 7 heteroatoms. The normalized spacial score (nSPS) is 22.8. The smallest absolute Gasteiger partial charge is 0.325 e. The number of hydrogen-bond acceptors (Lipinski definition) is 3. The highest BCUT2D eigenvalue weighted by Gasteiger charge is 2.56. The fourth-order valence-corrected chi connectivity index (χ4v) is 5.99. The predicted molar refractivity (Wildman–Crippen MR) is 128 cm³/mol. The van der Waals surface area contributed by atoms with E-state index in [1.807, 2.05) is 53.4 Å². The van der Waals surface area contributed by atoms with Crippen molar-refractivity contribution in [2.24, 2.45) is 5.92 Å². The van der Waals surface area contributed by atoms with Gasteiger partial charge >= 0.3 is 6.03 Å². The summed E-state index contributed by atoms with van der Waals surface area (Å²) < 4.78 is 0.941. The Balaban J connectivity index is 1.38. The topological polar surface area (TPSA) is 69.7 Å². The zero-order valence-electron chi connectivity index (χ0n) is 18.7. The van der Waals surface area contributed by atoms with Crippen molar-refractivity contribution in [3.63, 3.8) is 0 Å². The zero-order chi connectivity index (χ0) is 23.2. The van der Waals surface area contributed by atoms with Crippen molar-refractivity contribution in [2.45, 2.75) is 57.2 Å². The third-order valence-corrected chi connectivity index (χ3v) is 8.38. The highest BCUT2D eigenvalue weighted by molar-refractivity contribution is 9.10. The summed E-state index contributed by atoms with van der Waals surface area (Å²) in [6.45, 7) is 2.32. The Morgan fingerprint density at radius 3 is 2.64 bits per heavy atom. The molecule has 1 N–H and O–H groups in total. The summed E-state index contributed by atoms with van der Waals surface area (Å²) in [4.78, 5) is 43.0. The molecule has 0 bridgehead atoms. The van der Waals surface area contributed by atoms with Gasteiger partial charge in [0.25, 0.3) is 5.91 Å². The van der Waals surface area contributed by atoms with Crippen LogP contribution in [0.4, 0.5) is 4.79 Å². The van der Waals surface area contributed by atoms with E-state index < -0.39 is 11.6 Å². The molecule has 2 aliphatic carbocycles. The molecule has 1 saturated heterocycles. The molecule has 172 valence electrons. The Bertz CT molecular complexity index is 1100. The van der Waals surface area contributed by atoms with Crippen molar-refractivity contribution in [2.75, 3.05) is 6.54 Å². The number of halogens is 1. The van der Waals surface area contributed by atoms with Crippen LogP contribution in [0.5, 0.6) is 0 Å². The summed E-state index contributed by atoms with van der Waals surface area (Å²) in [6.07, 6.45) is 4.61. The van der Waals surface area contributed by atoms with Gasteiger partial charge in [-0.05, 0) is 61.3 Å². The van der Waals surface area contributed by atoms with Crippen molar-refractivity contribution in [3.8, 4) is 0 Å². The van der Waals surface area contributed by atoms with Gasteiger partial charge in [0.1, 0.15) is 12.1 Å². The average molecular weight is 510 g/mol. The fraction of sp³-hybridized carbons (Fsp3) is 0.423. The Kier molecular flexibility index (Phi) is 5.77. The Morgan fingerprint density at radius 1 is 1.18 bits per heavy atom. The molecule has 1 unspecified atom stereocenters. The lowest BCUT2D eigenvalue weighted by Gasteiger charge is -2.39. The molecule has 2 fully saturated rings. The van der Waals surface area contributed by atoms with E-state index in [0.717, 1.165) is 38.9 Å². The summed E-state index contributed by atoms with van der Waals surface area (Å²) in [7, 11) is 0. The number of urea groups is 1. The molecule has 1 aliphatic heterocycles. The highest BCUT2D eigenvalue weighted by Crippen LogP contribution is 2.44. The molecule has 2 atom stereocenters. The fourth-order valence-electron chi connectivity index (χ4n) is 5.42. The second kappa shape index (κ2) is 8.60. The predicted octanol–water partition coefficient (Wildman–Crippen LogP) is 4.36. The maximum Gasteiger partial charge on any atom is 0.325 e. The molecular weight excluding hydrogens is 482 g/mol. The third kappa shape index (κ3) is 3.76. The van der Waals surface area contributed by atoms with Crippen LogP contribution in [0, 0.1) is 5.92 Å². The van der Waals surface area contributed by atoms with E-state index in [4.69, 9.17) is 0 Å². The summed E-state index contributed by atoms with van der Waals surface area (Å²) in [5.41, 5.74) is 1.85. The van der Waals surface area contributed by atoms with Gasteiger partial charge in [0, 0.05) is 17.1 Å². The van der Waals surface area contributed by atoms with Gasteiger partial charge < -0.3 is 10.2 Å². The van der Waals surface area contributed by atoms with Crippen LogP contribution < -0.4 is 5.32 Å². The number of rotatable bonds is 6. The van der Waals surface area contributed by atoms with Crippen molar-refractivity contribution in [1.29, 1.82) is 0 Å². The first-order valence-corrected chi connectivity index (χ1v) is 12.5. The van der Waals surface area contributed by atoms with E-state index in [0.29, 0.717) is 25.3 Å². The van der Waals surface area contributed by atoms with E-state index in [2.05, 4.69) is 28.2 Å². The van der Waals surface area contributed by atoms with Crippen LogP contribution in [0.3, 0.4) is 0 Å². The molecule has 1 saturated carbocycles. The molecule has 1 heterocycles. The van der Waals surface area contributed by atoms with Gasteiger partial charge in [0.2, 0.25) is 5.91 Å². The molecule has 2 aromatic carbocycles. The summed E-state index contributed by atoms with van der Waals surface area (Å²) >= 11 is 3.56. The van der Waals surface area contributed by atoms with Crippen molar-refractivity contribution in [1.82, 2.24) is 15.1 Å². The monoisotopic (exact) mass is 509 g/mol. The van der Waals surface area contributed by atoms with E-state index >= 15 is 0 Å². The van der Waals surface area contributed by atoms with Crippen molar-refractivity contribution in [3.05, 3.63) is 69.7 Å². The Labute approximate surface area is 202 Å².